The van der Waals surface area contributed by atoms with E-state index >= 15 is 0 Å². The Bertz CT molecular complexity index is 1080. The molecule has 8 nitrogen and oxygen atoms in total. The molecule has 0 spiro atoms. The van der Waals surface area contributed by atoms with Crippen molar-refractivity contribution in [1.82, 2.24) is 20.5 Å². The van der Waals surface area contributed by atoms with Crippen LogP contribution < -0.4 is 15.5 Å². The summed E-state index contributed by atoms with van der Waals surface area (Å²) in [7, 11) is 0. The van der Waals surface area contributed by atoms with Crippen molar-refractivity contribution >= 4 is 35.5 Å². The highest BCUT2D eigenvalue weighted by Gasteiger charge is 2.49. The summed E-state index contributed by atoms with van der Waals surface area (Å²) in [6.07, 6.45) is 2.52. The number of aldehydes is 1. The third-order valence-electron chi connectivity index (χ3n) is 6.49. The number of piperazine rings is 1. The number of nitrogens with one attached hydrogen (secondary N) is 2. The van der Waals surface area contributed by atoms with E-state index in [0.29, 0.717) is 36.8 Å². The molecule has 0 aliphatic carbocycles. The molecule has 3 amide bonds. The number of benzene rings is 1. The maximum absolute atomic E-state index is 13.8. The van der Waals surface area contributed by atoms with Crippen molar-refractivity contribution < 1.29 is 18.8 Å². The van der Waals surface area contributed by atoms with Crippen LogP contribution in [0.25, 0.3) is 0 Å². The van der Waals surface area contributed by atoms with Crippen LogP contribution in [0.5, 0.6) is 0 Å². The fourth-order valence-corrected chi connectivity index (χ4v) is 5.06. The van der Waals surface area contributed by atoms with Crippen molar-refractivity contribution in [2.45, 2.75) is 31.8 Å². The molecule has 2 aromatic rings. The van der Waals surface area contributed by atoms with E-state index in [-0.39, 0.29) is 18.3 Å². The number of imide groups is 1. The van der Waals surface area contributed by atoms with Gasteiger partial charge in [-0.25, -0.2) is 9.18 Å². The predicted octanol–water partition coefficient (Wildman–Crippen LogP) is 2.63. The van der Waals surface area contributed by atoms with Crippen molar-refractivity contribution in [3.8, 4) is 0 Å². The Morgan fingerprint density at radius 1 is 1.29 bits per heavy atom. The molecule has 10 heteroatoms. The fourth-order valence-electron chi connectivity index (χ4n) is 4.84. The highest BCUT2D eigenvalue weighted by Crippen LogP contribution is 2.32. The Kier molecular flexibility index (Phi) is 6.86. The van der Waals surface area contributed by atoms with E-state index in [1.807, 2.05) is 13.8 Å². The van der Waals surface area contributed by atoms with E-state index in [1.54, 1.807) is 24.4 Å². The molecule has 180 valence electrons. The molecule has 1 aromatic heterocycles. The van der Waals surface area contributed by atoms with Crippen molar-refractivity contribution in [3.05, 3.63) is 58.6 Å². The van der Waals surface area contributed by atoms with Gasteiger partial charge in [0.25, 0.3) is 5.91 Å². The molecule has 4 rings (SSSR count). The number of urea groups is 1. The van der Waals surface area contributed by atoms with Crippen LogP contribution in [0.4, 0.5) is 14.9 Å². The van der Waals surface area contributed by atoms with E-state index in [4.69, 9.17) is 11.6 Å². The van der Waals surface area contributed by atoms with Crippen molar-refractivity contribution in [3.63, 3.8) is 0 Å². The largest absolute Gasteiger partial charge is 0.366 e. The number of carbonyl (C=O) groups is 3. The molecule has 2 fully saturated rings. The summed E-state index contributed by atoms with van der Waals surface area (Å²) in [4.78, 5) is 45.4. The topological polar surface area (TPSA) is 94.6 Å². The molecule has 1 aromatic carbocycles. The van der Waals surface area contributed by atoms with Gasteiger partial charge in [0, 0.05) is 66.3 Å². The predicted molar refractivity (Wildman–Crippen MR) is 126 cm³/mol. The Hall–Kier alpha value is -3.04. The quantitative estimate of drug-likeness (QED) is 0.460. The van der Waals surface area contributed by atoms with Gasteiger partial charge in [-0.05, 0) is 44.5 Å². The molecule has 3 atom stereocenters. The Balaban J connectivity index is 1.47. The van der Waals surface area contributed by atoms with Crippen LogP contribution in [0.2, 0.25) is 5.02 Å². The number of halogens is 2. The monoisotopic (exact) mass is 487 g/mol. The average molecular weight is 488 g/mol. The lowest BCUT2D eigenvalue weighted by atomic mass is 9.82. The molecule has 34 heavy (non-hydrogen) atoms. The average Bonchev–Trinajstić information content (AvgIpc) is 3.06. The number of aromatic nitrogens is 1. The number of amides is 3. The van der Waals surface area contributed by atoms with Gasteiger partial charge in [0.05, 0.1) is 0 Å². The molecule has 2 unspecified atom stereocenters. The summed E-state index contributed by atoms with van der Waals surface area (Å²) >= 11 is 6.03. The first-order valence-electron chi connectivity index (χ1n) is 11.2. The van der Waals surface area contributed by atoms with Gasteiger partial charge in [0.2, 0.25) is 0 Å². The summed E-state index contributed by atoms with van der Waals surface area (Å²) in [5, 5.41) is 5.37. The maximum atomic E-state index is 13.8. The minimum atomic E-state index is -1.35. The lowest BCUT2D eigenvalue weighted by molar-refractivity contribution is -0.125. The molecule has 3 heterocycles. The Labute approximate surface area is 202 Å². The molecular formula is C24H27ClFN5O3. The zero-order chi connectivity index (χ0) is 24.5. The number of carbonyl (C=O) groups excluding carboxylic acids is 3. The second-order valence-corrected chi connectivity index (χ2v) is 9.47. The van der Waals surface area contributed by atoms with Crippen molar-refractivity contribution in [2.24, 2.45) is 5.92 Å². The van der Waals surface area contributed by atoms with Gasteiger partial charge in [-0.3, -0.25) is 20.0 Å². The standard InChI is InChI=1S/C24H27ClFN5O3/c1-15-3-4-18(11-27-15)24(22(33)28-23(34)29-24)10-17(14-32)13-30-5-6-31(16(2)12-30)21-8-19(25)7-20(26)9-21/h3-4,7-9,11,14,16-17H,5-6,10,12-13H2,1-2H3,(H2,28,29,33,34)/t16-,17?,24?/m0/s1. The first kappa shape index (κ1) is 24.1. The summed E-state index contributed by atoms with van der Waals surface area (Å²) in [6, 6.07) is 7.47. The normalized spacial score (nSPS) is 24.0. The van der Waals surface area contributed by atoms with Crippen molar-refractivity contribution in [2.75, 3.05) is 31.1 Å². The minimum Gasteiger partial charge on any atom is -0.366 e. The second-order valence-electron chi connectivity index (χ2n) is 9.03. The van der Waals surface area contributed by atoms with E-state index in [2.05, 4.69) is 25.4 Å². The molecule has 2 saturated heterocycles. The van der Waals surface area contributed by atoms with Gasteiger partial charge in [0.15, 0.2) is 0 Å². The van der Waals surface area contributed by atoms with Crippen LogP contribution in [-0.4, -0.2) is 60.3 Å². The van der Waals surface area contributed by atoms with E-state index < -0.39 is 23.4 Å². The number of pyridine rings is 1. The van der Waals surface area contributed by atoms with Crippen LogP contribution in [0.3, 0.4) is 0 Å². The molecular weight excluding hydrogens is 461 g/mol. The van der Waals surface area contributed by atoms with Gasteiger partial charge >= 0.3 is 6.03 Å². The Morgan fingerprint density at radius 3 is 2.68 bits per heavy atom. The van der Waals surface area contributed by atoms with E-state index in [1.165, 1.54) is 12.1 Å². The van der Waals surface area contributed by atoms with Crippen LogP contribution in [-0.2, 0) is 15.1 Å². The fraction of sp³-hybridized carbons (Fsp3) is 0.417. The maximum Gasteiger partial charge on any atom is 0.322 e. The van der Waals surface area contributed by atoms with Gasteiger partial charge < -0.3 is 15.0 Å². The van der Waals surface area contributed by atoms with Gasteiger partial charge in [-0.2, -0.15) is 0 Å². The summed E-state index contributed by atoms with van der Waals surface area (Å²) in [5.74, 6) is -1.38. The minimum absolute atomic E-state index is 0.0589. The smallest absolute Gasteiger partial charge is 0.322 e. The Morgan fingerprint density at radius 2 is 2.09 bits per heavy atom. The number of anilines is 1. The number of hydrogen-bond acceptors (Lipinski definition) is 6. The molecule has 2 N–H and O–H groups in total. The lowest BCUT2D eigenvalue weighted by Crippen LogP contribution is -2.54. The number of aryl methyl sites for hydroxylation is 1. The highest BCUT2D eigenvalue weighted by atomic mass is 35.5. The van der Waals surface area contributed by atoms with E-state index in [0.717, 1.165) is 17.7 Å². The zero-order valence-electron chi connectivity index (χ0n) is 19.1. The van der Waals surface area contributed by atoms with Crippen molar-refractivity contribution in [1.29, 1.82) is 0 Å². The second kappa shape index (κ2) is 9.68. The van der Waals surface area contributed by atoms with Crippen LogP contribution in [0, 0.1) is 18.7 Å². The van der Waals surface area contributed by atoms with Crippen LogP contribution in [0.15, 0.2) is 36.5 Å². The van der Waals surface area contributed by atoms with E-state index in [9.17, 15) is 18.8 Å². The lowest BCUT2D eigenvalue weighted by Gasteiger charge is -2.42. The first-order valence-corrected chi connectivity index (χ1v) is 11.5. The van der Waals surface area contributed by atoms with Crippen LogP contribution >= 0.6 is 11.6 Å². The molecule has 0 saturated carbocycles. The number of nitrogens with zero attached hydrogens (tertiary/aromatic N) is 3. The number of rotatable bonds is 7. The molecule has 2 aliphatic rings. The van der Waals surface area contributed by atoms with Gasteiger partial charge in [-0.15, -0.1) is 0 Å². The first-order chi connectivity index (χ1) is 16.2. The summed E-state index contributed by atoms with van der Waals surface area (Å²) in [5.41, 5.74) is 0.687. The summed E-state index contributed by atoms with van der Waals surface area (Å²) < 4.78 is 13.8. The zero-order valence-corrected chi connectivity index (χ0v) is 19.8. The SMILES string of the molecule is Cc1ccc(C2(CC(C=O)CN3CCN(c4cc(F)cc(Cl)c4)[C@@H](C)C3)NC(=O)NC2=O)cn1. The third-order valence-corrected chi connectivity index (χ3v) is 6.71. The highest BCUT2D eigenvalue weighted by molar-refractivity contribution is 6.30. The van der Waals surface area contributed by atoms with Gasteiger partial charge in [0.1, 0.15) is 17.6 Å². The van der Waals surface area contributed by atoms with Crippen LogP contribution in [0.1, 0.15) is 24.6 Å². The number of hydrogen-bond donors (Lipinski definition) is 2. The molecule has 0 radical (unpaired) electrons. The third kappa shape index (κ3) is 4.90. The molecule has 2 aliphatic heterocycles. The molecule has 0 bridgehead atoms. The van der Waals surface area contributed by atoms with Gasteiger partial charge in [-0.1, -0.05) is 17.7 Å². The summed E-state index contributed by atoms with van der Waals surface area (Å²) in [6.45, 7) is 6.23.